The third-order valence-corrected chi connectivity index (χ3v) is 2.08. The summed E-state index contributed by atoms with van der Waals surface area (Å²) in [7, 11) is 0. The Labute approximate surface area is 122 Å². The van der Waals surface area contributed by atoms with Gasteiger partial charge < -0.3 is 25.1 Å². The standard InChI is InChI=1S/C14H19NO6/c1-14(2,3)21-13(18)8-20-11-6-9(15)4-5-10(11)19-7-12(16)17/h4-6H,7-8,15H2,1-3H3,(H,16,17). The average Bonchev–Trinajstić information content (AvgIpc) is 2.33. The molecule has 116 valence electrons. The molecule has 7 heteroatoms. The Morgan fingerprint density at radius 3 is 2.33 bits per heavy atom. The molecule has 0 amide bonds. The number of aliphatic carboxylic acids is 1. The van der Waals surface area contributed by atoms with E-state index in [0.717, 1.165) is 0 Å². The Morgan fingerprint density at radius 2 is 1.76 bits per heavy atom. The van der Waals surface area contributed by atoms with Crippen LogP contribution in [0.1, 0.15) is 20.8 Å². The van der Waals surface area contributed by atoms with Crippen LogP contribution in [0.25, 0.3) is 0 Å². The Balaban J connectivity index is 2.70. The number of benzene rings is 1. The number of carbonyl (C=O) groups excluding carboxylic acids is 1. The predicted octanol–water partition coefficient (Wildman–Crippen LogP) is 1.45. The van der Waals surface area contributed by atoms with E-state index in [-0.39, 0.29) is 18.1 Å². The van der Waals surface area contributed by atoms with Gasteiger partial charge in [-0.1, -0.05) is 0 Å². The minimum Gasteiger partial charge on any atom is -0.479 e. The lowest BCUT2D eigenvalue weighted by atomic mass is 10.2. The van der Waals surface area contributed by atoms with Crippen molar-refractivity contribution in [3.8, 4) is 11.5 Å². The van der Waals surface area contributed by atoms with Crippen LogP contribution >= 0.6 is 0 Å². The fraction of sp³-hybridized carbons (Fsp3) is 0.429. The Bertz CT molecular complexity index is 521. The summed E-state index contributed by atoms with van der Waals surface area (Å²) < 4.78 is 15.4. The number of carbonyl (C=O) groups is 2. The monoisotopic (exact) mass is 297 g/mol. The summed E-state index contributed by atoms with van der Waals surface area (Å²) in [6.07, 6.45) is 0. The molecule has 0 radical (unpaired) electrons. The maximum Gasteiger partial charge on any atom is 0.344 e. The van der Waals surface area contributed by atoms with Crippen LogP contribution in [-0.2, 0) is 14.3 Å². The van der Waals surface area contributed by atoms with Gasteiger partial charge in [-0.3, -0.25) is 0 Å². The van der Waals surface area contributed by atoms with Gasteiger partial charge in [0.15, 0.2) is 24.7 Å². The van der Waals surface area contributed by atoms with Gasteiger partial charge in [0.25, 0.3) is 0 Å². The van der Waals surface area contributed by atoms with Crippen molar-refractivity contribution in [2.24, 2.45) is 0 Å². The van der Waals surface area contributed by atoms with Crippen LogP contribution < -0.4 is 15.2 Å². The van der Waals surface area contributed by atoms with Crippen LogP contribution in [0.15, 0.2) is 18.2 Å². The topological polar surface area (TPSA) is 108 Å². The zero-order chi connectivity index (χ0) is 16.0. The van der Waals surface area contributed by atoms with Crippen LogP contribution in [0.3, 0.4) is 0 Å². The molecular formula is C14H19NO6. The molecule has 0 fully saturated rings. The smallest absolute Gasteiger partial charge is 0.344 e. The van der Waals surface area contributed by atoms with Gasteiger partial charge in [0, 0.05) is 11.8 Å². The minimum absolute atomic E-state index is 0.183. The molecule has 0 atom stereocenters. The SMILES string of the molecule is CC(C)(C)OC(=O)COc1cc(N)ccc1OCC(=O)O. The normalized spacial score (nSPS) is 10.8. The van der Waals surface area contributed by atoms with Crippen molar-refractivity contribution < 1.29 is 28.9 Å². The minimum atomic E-state index is -1.12. The molecule has 0 aromatic heterocycles. The molecule has 1 aromatic rings. The van der Waals surface area contributed by atoms with E-state index in [4.69, 9.17) is 25.1 Å². The molecule has 0 bridgehead atoms. The third-order valence-electron chi connectivity index (χ3n) is 2.08. The summed E-state index contributed by atoms with van der Waals surface area (Å²) in [5.41, 5.74) is 5.41. The summed E-state index contributed by atoms with van der Waals surface area (Å²) in [6, 6.07) is 4.46. The van der Waals surface area contributed by atoms with Gasteiger partial charge in [0.05, 0.1) is 0 Å². The first-order valence-electron chi connectivity index (χ1n) is 6.26. The highest BCUT2D eigenvalue weighted by molar-refractivity contribution is 5.72. The molecule has 1 rings (SSSR count). The largest absolute Gasteiger partial charge is 0.479 e. The first kappa shape index (κ1) is 16.6. The van der Waals surface area contributed by atoms with E-state index in [1.807, 2.05) is 0 Å². The van der Waals surface area contributed by atoms with E-state index in [1.165, 1.54) is 18.2 Å². The van der Waals surface area contributed by atoms with Crippen LogP contribution in [0.5, 0.6) is 11.5 Å². The van der Waals surface area contributed by atoms with Crippen molar-refractivity contribution in [3.63, 3.8) is 0 Å². The van der Waals surface area contributed by atoms with Gasteiger partial charge in [-0.15, -0.1) is 0 Å². The highest BCUT2D eigenvalue weighted by Crippen LogP contribution is 2.29. The van der Waals surface area contributed by atoms with Gasteiger partial charge in [-0.25, -0.2) is 9.59 Å². The van der Waals surface area contributed by atoms with Gasteiger partial charge in [0.1, 0.15) is 5.60 Å². The second kappa shape index (κ2) is 6.83. The van der Waals surface area contributed by atoms with Crippen LogP contribution in [0.2, 0.25) is 0 Å². The molecule has 0 heterocycles. The molecule has 0 spiro atoms. The molecule has 0 saturated heterocycles. The van der Waals surface area contributed by atoms with Crippen LogP contribution in [0, 0.1) is 0 Å². The molecule has 1 aromatic carbocycles. The fourth-order valence-corrected chi connectivity index (χ4v) is 1.40. The molecule has 21 heavy (non-hydrogen) atoms. The van der Waals surface area contributed by atoms with E-state index in [9.17, 15) is 9.59 Å². The summed E-state index contributed by atoms with van der Waals surface area (Å²) in [6.45, 7) is 4.38. The van der Waals surface area contributed by atoms with E-state index >= 15 is 0 Å². The quantitative estimate of drug-likeness (QED) is 0.604. The molecule has 0 saturated carbocycles. The second-order valence-corrected chi connectivity index (χ2v) is 5.26. The second-order valence-electron chi connectivity index (χ2n) is 5.26. The highest BCUT2D eigenvalue weighted by Gasteiger charge is 2.17. The van der Waals surface area contributed by atoms with Gasteiger partial charge in [0.2, 0.25) is 0 Å². The maximum absolute atomic E-state index is 11.6. The van der Waals surface area contributed by atoms with E-state index in [1.54, 1.807) is 20.8 Å². The van der Waals surface area contributed by atoms with Gasteiger partial charge >= 0.3 is 11.9 Å². The first-order valence-corrected chi connectivity index (χ1v) is 6.26. The summed E-state index contributed by atoms with van der Waals surface area (Å²) >= 11 is 0. The number of hydrogen-bond donors (Lipinski definition) is 2. The summed E-state index contributed by atoms with van der Waals surface area (Å²) in [5.74, 6) is -1.30. The first-order chi connectivity index (χ1) is 9.67. The van der Waals surface area contributed by atoms with Crippen molar-refractivity contribution >= 4 is 17.6 Å². The zero-order valence-electron chi connectivity index (χ0n) is 12.2. The lowest BCUT2D eigenvalue weighted by molar-refractivity contribution is -0.157. The number of ether oxygens (including phenoxy) is 3. The molecule has 0 aliphatic heterocycles. The molecular weight excluding hydrogens is 278 g/mol. The molecule has 7 nitrogen and oxygen atoms in total. The van der Waals surface area contributed by atoms with Gasteiger partial charge in [-0.2, -0.15) is 0 Å². The Hall–Kier alpha value is -2.44. The molecule has 0 aliphatic rings. The number of anilines is 1. The van der Waals surface area contributed by atoms with Crippen molar-refractivity contribution in [2.45, 2.75) is 26.4 Å². The van der Waals surface area contributed by atoms with E-state index < -0.39 is 24.1 Å². The number of rotatable bonds is 6. The predicted molar refractivity (Wildman–Crippen MR) is 75.3 cm³/mol. The van der Waals surface area contributed by atoms with Crippen molar-refractivity contribution in [1.29, 1.82) is 0 Å². The number of carboxylic acids is 1. The van der Waals surface area contributed by atoms with Crippen molar-refractivity contribution in [2.75, 3.05) is 18.9 Å². The lowest BCUT2D eigenvalue weighted by Gasteiger charge is -2.20. The third kappa shape index (κ3) is 6.51. The number of esters is 1. The summed E-state index contributed by atoms with van der Waals surface area (Å²) in [5, 5.41) is 8.60. The Kier molecular flexibility index (Phi) is 5.40. The lowest BCUT2D eigenvalue weighted by Crippen LogP contribution is -2.27. The van der Waals surface area contributed by atoms with Crippen LogP contribution in [0.4, 0.5) is 5.69 Å². The van der Waals surface area contributed by atoms with E-state index in [2.05, 4.69) is 0 Å². The number of hydrogen-bond acceptors (Lipinski definition) is 6. The highest BCUT2D eigenvalue weighted by atomic mass is 16.6. The molecule has 3 N–H and O–H groups in total. The summed E-state index contributed by atoms with van der Waals surface area (Å²) in [4.78, 5) is 22.1. The van der Waals surface area contributed by atoms with Crippen molar-refractivity contribution in [1.82, 2.24) is 0 Å². The zero-order valence-corrected chi connectivity index (χ0v) is 12.2. The van der Waals surface area contributed by atoms with Gasteiger partial charge in [-0.05, 0) is 32.9 Å². The number of nitrogen functional groups attached to an aromatic ring is 1. The number of nitrogens with two attached hydrogens (primary N) is 1. The molecule has 0 unspecified atom stereocenters. The average molecular weight is 297 g/mol. The van der Waals surface area contributed by atoms with Crippen LogP contribution in [-0.4, -0.2) is 35.9 Å². The fourth-order valence-electron chi connectivity index (χ4n) is 1.40. The Morgan fingerprint density at radius 1 is 1.14 bits per heavy atom. The van der Waals surface area contributed by atoms with E-state index in [0.29, 0.717) is 5.69 Å². The van der Waals surface area contributed by atoms with Crippen molar-refractivity contribution in [3.05, 3.63) is 18.2 Å². The number of carboxylic acid groups (broad SMARTS) is 1. The molecule has 0 aliphatic carbocycles. The maximum atomic E-state index is 11.6.